The SMILES string of the molecule is COC(=O)C(C)[C@H]1CC[C@H](C2CCC3(CC2)C(=O)CCC3=O)CC1. The van der Waals surface area contributed by atoms with E-state index >= 15 is 0 Å². The van der Waals surface area contributed by atoms with Gasteiger partial charge < -0.3 is 4.74 Å². The van der Waals surface area contributed by atoms with Crippen molar-refractivity contribution in [1.29, 1.82) is 0 Å². The van der Waals surface area contributed by atoms with Gasteiger partial charge in [-0.2, -0.15) is 0 Å². The first kappa shape index (κ1) is 17.6. The van der Waals surface area contributed by atoms with E-state index < -0.39 is 5.41 Å². The number of ketones is 2. The van der Waals surface area contributed by atoms with Crippen molar-refractivity contribution in [2.24, 2.45) is 29.1 Å². The molecule has 0 radical (unpaired) electrons. The fourth-order valence-electron chi connectivity index (χ4n) is 5.52. The summed E-state index contributed by atoms with van der Waals surface area (Å²) in [6.07, 6.45) is 9.11. The molecule has 24 heavy (non-hydrogen) atoms. The second-order valence-electron chi connectivity index (χ2n) is 8.25. The Morgan fingerprint density at radius 1 is 0.958 bits per heavy atom. The number of carbonyl (C=O) groups is 3. The van der Waals surface area contributed by atoms with Crippen molar-refractivity contribution in [2.45, 2.75) is 71.1 Å². The highest BCUT2D eigenvalue weighted by molar-refractivity contribution is 6.12. The van der Waals surface area contributed by atoms with Crippen LogP contribution in [0, 0.1) is 29.1 Å². The Bertz CT molecular complexity index is 490. The van der Waals surface area contributed by atoms with Crippen molar-refractivity contribution in [2.75, 3.05) is 7.11 Å². The van der Waals surface area contributed by atoms with Crippen LogP contribution in [0.5, 0.6) is 0 Å². The van der Waals surface area contributed by atoms with Gasteiger partial charge in [0, 0.05) is 12.8 Å². The number of carbonyl (C=O) groups excluding carboxylic acids is 3. The van der Waals surface area contributed by atoms with Gasteiger partial charge in [0.15, 0.2) is 0 Å². The van der Waals surface area contributed by atoms with E-state index in [2.05, 4.69) is 0 Å². The van der Waals surface area contributed by atoms with Gasteiger partial charge >= 0.3 is 5.97 Å². The van der Waals surface area contributed by atoms with Crippen LogP contribution in [-0.2, 0) is 19.1 Å². The molecule has 0 aliphatic heterocycles. The summed E-state index contributed by atoms with van der Waals surface area (Å²) in [6.45, 7) is 1.98. The number of ether oxygens (including phenoxy) is 1. The van der Waals surface area contributed by atoms with Crippen LogP contribution in [0.2, 0.25) is 0 Å². The van der Waals surface area contributed by atoms with Crippen LogP contribution in [-0.4, -0.2) is 24.6 Å². The Morgan fingerprint density at radius 3 is 1.96 bits per heavy atom. The molecule has 4 heteroatoms. The maximum absolute atomic E-state index is 12.2. The topological polar surface area (TPSA) is 60.4 Å². The predicted octanol–water partition coefficient (Wildman–Crippen LogP) is 3.71. The second kappa shape index (κ2) is 6.97. The Labute approximate surface area is 144 Å². The van der Waals surface area contributed by atoms with Gasteiger partial charge in [-0.3, -0.25) is 14.4 Å². The van der Waals surface area contributed by atoms with Gasteiger partial charge in [-0.15, -0.1) is 0 Å². The van der Waals surface area contributed by atoms with Crippen molar-refractivity contribution >= 4 is 17.5 Å². The quantitative estimate of drug-likeness (QED) is 0.583. The van der Waals surface area contributed by atoms with Crippen LogP contribution >= 0.6 is 0 Å². The third-order valence-electron chi connectivity index (χ3n) is 7.29. The standard InChI is InChI=1S/C20H30O4/c1-13(19(23)24-2)14-3-5-15(6-4-14)16-9-11-20(12-10-16)17(21)7-8-18(20)22/h13-16H,3-12H2,1-2H3/t13?,14-,15-. The van der Waals surface area contributed by atoms with E-state index in [4.69, 9.17) is 4.74 Å². The summed E-state index contributed by atoms with van der Waals surface area (Å²) >= 11 is 0. The molecule has 0 N–H and O–H groups in total. The maximum atomic E-state index is 12.2. The van der Waals surface area contributed by atoms with E-state index in [1.807, 2.05) is 6.92 Å². The molecule has 3 fully saturated rings. The van der Waals surface area contributed by atoms with Gasteiger partial charge in [0.2, 0.25) is 0 Å². The lowest BCUT2D eigenvalue weighted by atomic mass is 9.62. The number of esters is 1. The molecule has 3 aliphatic carbocycles. The summed E-state index contributed by atoms with van der Waals surface area (Å²) in [7, 11) is 1.47. The minimum Gasteiger partial charge on any atom is -0.469 e. The predicted molar refractivity (Wildman–Crippen MR) is 90.3 cm³/mol. The van der Waals surface area contributed by atoms with E-state index in [0.29, 0.717) is 30.6 Å². The molecule has 1 spiro atoms. The minimum atomic E-state index is -0.590. The van der Waals surface area contributed by atoms with Crippen LogP contribution in [0.1, 0.15) is 71.1 Å². The zero-order chi connectivity index (χ0) is 17.3. The number of hydrogen-bond donors (Lipinski definition) is 0. The normalized spacial score (nSPS) is 32.1. The maximum Gasteiger partial charge on any atom is 0.308 e. The van der Waals surface area contributed by atoms with Crippen LogP contribution in [0.3, 0.4) is 0 Å². The molecule has 3 saturated carbocycles. The monoisotopic (exact) mass is 334 g/mol. The zero-order valence-corrected chi connectivity index (χ0v) is 15.0. The Balaban J connectivity index is 1.51. The Hall–Kier alpha value is -1.19. The average Bonchev–Trinajstić information content (AvgIpc) is 2.89. The molecule has 0 aromatic carbocycles. The fraction of sp³-hybridized carbons (Fsp3) is 0.850. The highest BCUT2D eigenvalue weighted by Crippen LogP contribution is 2.50. The number of rotatable bonds is 3. The summed E-state index contributed by atoms with van der Waals surface area (Å²) in [5.74, 6) is 2.14. The number of methoxy groups -OCH3 is 1. The van der Waals surface area contributed by atoms with Crippen LogP contribution in [0.4, 0.5) is 0 Å². The molecule has 0 bridgehead atoms. The summed E-state index contributed by atoms with van der Waals surface area (Å²) in [6, 6.07) is 0. The van der Waals surface area contributed by atoms with Gasteiger partial charge in [-0.25, -0.2) is 0 Å². The lowest BCUT2D eigenvalue weighted by molar-refractivity contribution is -0.147. The van der Waals surface area contributed by atoms with Gasteiger partial charge in [0.1, 0.15) is 11.6 Å². The molecule has 3 rings (SSSR count). The summed E-state index contributed by atoms with van der Waals surface area (Å²) in [5.41, 5.74) is -0.590. The van der Waals surface area contributed by atoms with Gasteiger partial charge in [-0.05, 0) is 69.1 Å². The third kappa shape index (κ3) is 3.04. The lowest BCUT2D eigenvalue weighted by Crippen LogP contribution is -2.39. The molecule has 0 aromatic rings. The molecule has 4 nitrogen and oxygen atoms in total. The van der Waals surface area contributed by atoms with E-state index in [0.717, 1.165) is 38.5 Å². The first-order valence-corrected chi connectivity index (χ1v) is 9.62. The van der Waals surface area contributed by atoms with Crippen molar-refractivity contribution in [1.82, 2.24) is 0 Å². The molecule has 0 heterocycles. The molecule has 134 valence electrons. The fourth-order valence-corrected chi connectivity index (χ4v) is 5.52. The summed E-state index contributed by atoms with van der Waals surface area (Å²) in [4.78, 5) is 36.1. The third-order valence-corrected chi connectivity index (χ3v) is 7.29. The van der Waals surface area contributed by atoms with E-state index in [-0.39, 0.29) is 23.5 Å². The molecule has 0 aromatic heterocycles. The molecular formula is C20H30O4. The van der Waals surface area contributed by atoms with Gasteiger partial charge in [0.25, 0.3) is 0 Å². The first-order chi connectivity index (χ1) is 11.5. The van der Waals surface area contributed by atoms with Crippen molar-refractivity contribution in [3.8, 4) is 0 Å². The van der Waals surface area contributed by atoms with Gasteiger partial charge in [-0.1, -0.05) is 6.92 Å². The Kier molecular flexibility index (Phi) is 5.12. The first-order valence-electron chi connectivity index (χ1n) is 9.62. The zero-order valence-electron chi connectivity index (χ0n) is 15.0. The molecule has 1 unspecified atom stereocenters. The lowest BCUT2D eigenvalue weighted by Gasteiger charge is -2.41. The smallest absolute Gasteiger partial charge is 0.308 e. The average molecular weight is 334 g/mol. The van der Waals surface area contributed by atoms with Gasteiger partial charge in [0.05, 0.1) is 18.4 Å². The molecular weight excluding hydrogens is 304 g/mol. The summed E-state index contributed by atoms with van der Waals surface area (Å²) in [5, 5.41) is 0. The highest BCUT2D eigenvalue weighted by atomic mass is 16.5. The minimum absolute atomic E-state index is 0.000642. The van der Waals surface area contributed by atoms with Crippen LogP contribution in [0.15, 0.2) is 0 Å². The molecule has 3 aliphatic rings. The molecule has 1 atom stereocenters. The van der Waals surface area contributed by atoms with E-state index in [1.165, 1.54) is 20.0 Å². The number of hydrogen-bond acceptors (Lipinski definition) is 4. The van der Waals surface area contributed by atoms with Crippen molar-refractivity contribution in [3.05, 3.63) is 0 Å². The van der Waals surface area contributed by atoms with Crippen LogP contribution < -0.4 is 0 Å². The van der Waals surface area contributed by atoms with E-state index in [1.54, 1.807) is 0 Å². The molecule has 0 amide bonds. The number of Topliss-reactive ketones (excluding diaryl/α,β-unsaturated/α-hetero) is 2. The van der Waals surface area contributed by atoms with Crippen molar-refractivity contribution in [3.63, 3.8) is 0 Å². The largest absolute Gasteiger partial charge is 0.469 e. The summed E-state index contributed by atoms with van der Waals surface area (Å²) < 4.78 is 4.88. The Morgan fingerprint density at radius 2 is 1.46 bits per heavy atom. The van der Waals surface area contributed by atoms with Crippen LogP contribution in [0.25, 0.3) is 0 Å². The second-order valence-corrected chi connectivity index (χ2v) is 8.25. The van der Waals surface area contributed by atoms with E-state index in [9.17, 15) is 14.4 Å². The molecule has 0 saturated heterocycles. The van der Waals surface area contributed by atoms with Crippen molar-refractivity contribution < 1.29 is 19.1 Å². The highest BCUT2D eigenvalue weighted by Gasteiger charge is 2.51.